The Bertz CT molecular complexity index is 1440. The molecule has 0 radical (unpaired) electrons. The molecule has 4 aromatic heterocycles. The molecule has 0 aliphatic rings. The number of imidazole rings is 1. The lowest BCUT2D eigenvalue weighted by Gasteiger charge is -2.22. The van der Waals surface area contributed by atoms with E-state index in [4.69, 9.17) is 10.1 Å². The fourth-order valence-corrected chi connectivity index (χ4v) is 5.00. The number of hydrogen-bond acceptors (Lipinski definition) is 6. The molecule has 0 saturated heterocycles. The van der Waals surface area contributed by atoms with E-state index in [-0.39, 0.29) is 32.6 Å². The van der Waals surface area contributed by atoms with Gasteiger partial charge in [0, 0.05) is 27.1 Å². The summed E-state index contributed by atoms with van der Waals surface area (Å²) >= 11 is 0. The molecule has 42 heavy (non-hydrogen) atoms. The standard InChI is InChI=1S/2C17H28N4/c1-15(2,3)12-11-13(16(4,5)6)20-14(17(7,8)9)21(11)19-10-18-12;1-15(2,3)12-11-13(16(4,5)6)20-21(17(7,8)9)14(11)19-10-18-12/h2*10H,1-9H3. The van der Waals surface area contributed by atoms with Gasteiger partial charge in [0.15, 0.2) is 5.65 Å². The van der Waals surface area contributed by atoms with Crippen molar-refractivity contribution >= 4 is 16.6 Å². The van der Waals surface area contributed by atoms with Crippen molar-refractivity contribution < 1.29 is 0 Å². The van der Waals surface area contributed by atoms with Crippen molar-refractivity contribution in [1.82, 2.24) is 39.3 Å². The zero-order valence-electron chi connectivity index (χ0n) is 29.7. The number of hydrogen-bond donors (Lipinski definition) is 0. The first kappa shape index (κ1) is 33.6. The third-order valence-corrected chi connectivity index (χ3v) is 7.05. The maximum absolute atomic E-state index is 4.97. The van der Waals surface area contributed by atoms with Gasteiger partial charge in [-0.25, -0.2) is 29.1 Å². The molecule has 8 heteroatoms. The summed E-state index contributed by atoms with van der Waals surface area (Å²) < 4.78 is 4.04. The van der Waals surface area contributed by atoms with Gasteiger partial charge in [-0.1, -0.05) is 104 Å². The second-order valence-corrected chi connectivity index (χ2v) is 17.8. The van der Waals surface area contributed by atoms with Gasteiger partial charge in [0.25, 0.3) is 0 Å². The molecule has 0 amide bonds. The summed E-state index contributed by atoms with van der Waals surface area (Å²) in [6.07, 6.45) is 3.32. The monoisotopic (exact) mass is 576 g/mol. The number of fused-ring (bicyclic) bond motifs is 2. The average Bonchev–Trinajstić information content (AvgIpc) is 3.37. The second-order valence-electron chi connectivity index (χ2n) is 17.8. The van der Waals surface area contributed by atoms with Crippen LogP contribution in [-0.4, -0.2) is 39.3 Å². The van der Waals surface area contributed by atoms with Gasteiger partial charge in [0.05, 0.1) is 33.7 Å². The summed E-state index contributed by atoms with van der Waals surface area (Å²) in [6, 6.07) is 0. The third kappa shape index (κ3) is 6.68. The predicted octanol–water partition coefficient (Wildman–Crippen LogP) is 8.19. The molecule has 232 valence electrons. The van der Waals surface area contributed by atoms with Crippen molar-refractivity contribution in [3.63, 3.8) is 0 Å². The highest BCUT2D eigenvalue weighted by molar-refractivity contribution is 5.83. The number of rotatable bonds is 0. The van der Waals surface area contributed by atoms with E-state index in [0.717, 1.165) is 45.2 Å². The van der Waals surface area contributed by atoms with Crippen molar-refractivity contribution in [1.29, 1.82) is 0 Å². The van der Waals surface area contributed by atoms with E-state index in [1.165, 1.54) is 0 Å². The first-order chi connectivity index (χ1) is 18.7. The summed E-state index contributed by atoms with van der Waals surface area (Å²) in [5.41, 5.74) is 5.98. The minimum atomic E-state index is -0.106. The van der Waals surface area contributed by atoms with Crippen LogP contribution in [0.3, 0.4) is 0 Å². The SMILES string of the molecule is CC(C)(C)c1ncnc2c1c(C(C)(C)C)nn2C(C)(C)C.CC(C)(C)c1ncnn2c(C(C)(C)C)nc(C(C)(C)C)c12. The summed E-state index contributed by atoms with van der Waals surface area (Å²) in [6.45, 7) is 39.3. The summed E-state index contributed by atoms with van der Waals surface area (Å²) in [7, 11) is 0. The largest absolute Gasteiger partial charge is 0.242 e. The molecule has 4 heterocycles. The van der Waals surface area contributed by atoms with Gasteiger partial charge in [-0.2, -0.15) is 10.2 Å². The molecule has 0 fully saturated rings. The van der Waals surface area contributed by atoms with Gasteiger partial charge < -0.3 is 0 Å². The molecule has 0 N–H and O–H groups in total. The molecule has 4 rings (SSSR count). The van der Waals surface area contributed by atoms with Gasteiger partial charge in [-0.3, -0.25) is 0 Å². The first-order valence-corrected chi connectivity index (χ1v) is 15.2. The highest BCUT2D eigenvalue weighted by Crippen LogP contribution is 2.37. The fourth-order valence-electron chi connectivity index (χ4n) is 5.00. The second kappa shape index (κ2) is 10.4. The Labute approximate surface area is 254 Å². The Morgan fingerprint density at radius 1 is 0.500 bits per heavy atom. The zero-order valence-corrected chi connectivity index (χ0v) is 29.7. The molecule has 0 aromatic carbocycles. The average molecular weight is 577 g/mol. The van der Waals surface area contributed by atoms with Crippen LogP contribution < -0.4 is 0 Å². The van der Waals surface area contributed by atoms with Crippen molar-refractivity contribution in [3.05, 3.63) is 41.3 Å². The molecular weight excluding hydrogens is 520 g/mol. The van der Waals surface area contributed by atoms with Crippen LogP contribution in [0.15, 0.2) is 12.7 Å². The van der Waals surface area contributed by atoms with E-state index in [2.05, 4.69) is 145 Å². The lowest BCUT2D eigenvalue weighted by Crippen LogP contribution is -2.24. The molecule has 0 aliphatic carbocycles. The van der Waals surface area contributed by atoms with Crippen LogP contribution in [0.4, 0.5) is 0 Å². The van der Waals surface area contributed by atoms with Crippen LogP contribution in [0.5, 0.6) is 0 Å². The van der Waals surface area contributed by atoms with Crippen LogP contribution in [0.1, 0.15) is 153 Å². The summed E-state index contributed by atoms with van der Waals surface area (Å²) in [4.78, 5) is 18.7. The molecular formula is C34H56N8. The van der Waals surface area contributed by atoms with Crippen molar-refractivity contribution in [2.75, 3.05) is 0 Å². The van der Waals surface area contributed by atoms with Crippen molar-refractivity contribution in [3.8, 4) is 0 Å². The van der Waals surface area contributed by atoms with E-state index in [9.17, 15) is 0 Å². The van der Waals surface area contributed by atoms with Crippen LogP contribution in [0.2, 0.25) is 0 Å². The number of aromatic nitrogens is 8. The highest BCUT2D eigenvalue weighted by atomic mass is 15.3. The fraction of sp³-hybridized carbons (Fsp3) is 0.706. The van der Waals surface area contributed by atoms with Crippen molar-refractivity contribution in [2.24, 2.45) is 0 Å². The molecule has 0 unspecified atom stereocenters. The molecule has 4 aromatic rings. The van der Waals surface area contributed by atoms with E-state index < -0.39 is 0 Å². The quantitative estimate of drug-likeness (QED) is 0.210. The number of nitrogens with zero attached hydrogens (tertiary/aromatic N) is 8. The smallest absolute Gasteiger partial charge is 0.162 e. The Kier molecular flexibility index (Phi) is 8.30. The Hall–Kier alpha value is -2.90. The molecule has 0 bridgehead atoms. The topological polar surface area (TPSA) is 86.7 Å². The lowest BCUT2D eigenvalue weighted by atomic mass is 9.84. The van der Waals surface area contributed by atoms with E-state index in [1.54, 1.807) is 12.7 Å². The maximum atomic E-state index is 4.97. The van der Waals surface area contributed by atoms with Crippen LogP contribution in [0, 0.1) is 0 Å². The normalized spacial score (nSPS) is 14.0. The molecule has 0 atom stereocenters. The summed E-state index contributed by atoms with van der Waals surface area (Å²) in [5, 5.41) is 10.5. The van der Waals surface area contributed by atoms with Crippen LogP contribution in [-0.2, 0) is 32.6 Å². The zero-order chi connectivity index (χ0) is 32.4. The first-order valence-electron chi connectivity index (χ1n) is 15.2. The summed E-state index contributed by atoms with van der Waals surface area (Å²) in [5.74, 6) is 0.996. The van der Waals surface area contributed by atoms with Gasteiger partial charge in [0.2, 0.25) is 0 Å². The minimum absolute atomic E-state index is 0.0348. The third-order valence-electron chi connectivity index (χ3n) is 7.05. The van der Waals surface area contributed by atoms with E-state index >= 15 is 0 Å². The van der Waals surface area contributed by atoms with Crippen LogP contribution >= 0.6 is 0 Å². The van der Waals surface area contributed by atoms with Gasteiger partial charge >= 0.3 is 0 Å². The predicted molar refractivity (Wildman–Crippen MR) is 175 cm³/mol. The molecule has 0 spiro atoms. The highest BCUT2D eigenvalue weighted by Gasteiger charge is 2.34. The van der Waals surface area contributed by atoms with Crippen LogP contribution in [0.25, 0.3) is 16.6 Å². The molecule has 0 aliphatic heterocycles. The van der Waals surface area contributed by atoms with E-state index in [1.807, 2.05) is 9.20 Å². The minimum Gasteiger partial charge on any atom is -0.242 e. The van der Waals surface area contributed by atoms with Gasteiger partial charge in [0.1, 0.15) is 24.0 Å². The Morgan fingerprint density at radius 2 is 0.976 bits per heavy atom. The Morgan fingerprint density at radius 3 is 1.40 bits per heavy atom. The van der Waals surface area contributed by atoms with Crippen molar-refractivity contribution in [2.45, 2.75) is 157 Å². The Balaban J connectivity index is 0.000000230. The van der Waals surface area contributed by atoms with E-state index in [0.29, 0.717) is 0 Å². The van der Waals surface area contributed by atoms with Gasteiger partial charge in [-0.15, -0.1) is 0 Å². The molecule has 8 nitrogen and oxygen atoms in total. The lowest BCUT2D eigenvalue weighted by molar-refractivity contribution is 0.357. The molecule has 0 saturated carbocycles. The maximum Gasteiger partial charge on any atom is 0.162 e. The van der Waals surface area contributed by atoms with Gasteiger partial charge in [-0.05, 0) is 20.8 Å².